The molecule has 0 fully saturated rings. The molecule has 16 heavy (non-hydrogen) atoms. The zero-order valence-electron chi connectivity index (χ0n) is 9.01. The highest BCUT2D eigenvalue weighted by Gasteiger charge is 2.12. The molecule has 3 N–H and O–H groups in total. The minimum Gasteiger partial charge on any atom is -0.481 e. The first-order valence-corrected chi connectivity index (χ1v) is 4.83. The van der Waals surface area contributed by atoms with E-state index in [9.17, 15) is 9.59 Å². The van der Waals surface area contributed by atoms with Gasteiger partial charge in [-0.2, -0.15) is 0 Å². The predicted molar refractivity (Wildman–Crippen MR) is 60.1 cm³/mol. The molecule has 0 unspecified atom stereocenters. The van der Waals surface area contributed by atoms with Gasteiger partial charge in [0.25, 0.3) is 5.91 Å². The maximum Gasteiger partial charge on any atom is 0.305 e. The van der Waals surface area contributed by atoms with Crippen molar-refractivity contribution < 1.29 is 14.7 Å². The number of hydrogen-bond donors (Lipinski definition) is 2. The Morgan fingerprint density at radius 1 is 1.31 bits per heavy atom. The van der Waals surface area contributed by atoms with Gasteiger partial charge in [0.1, 0.15) is 0 Å². The number of carbonyl (C=O) groups is 2. The summed E-state index contributed by atoms with van der Waals surface area (Å²) in [7, 11) is 1.57. The van der Waals surface area contributed by atoms with Crippen LogP contribution >= 0.6 is 0 Å². The molecule has 5 nitrogen and oxygen atoms in total. The highest BCUT2D eigenvalue weighted by atomic mass is 16.4. The van der Waals surface area contributed by atoms with E-state index < -0.39 is 5.97 Å². The van der Waals surface area contributed by atoms with E-state index in [2.05, 4.69) is 0 Å². The highest BCUT2D eigenvalue weighted by Crippen LogP contribution is 2.08. The smallest absolute Gasteiger partial charge is 0.305 e. The summed E-state index contributed by atoms with van der Waals surface area (Å²) in [4.78, 5) is 23.5. The largest absolute Gasteiger partial charge is 0.481 e. The van der Waals surface area contributed by atoms with Crippen LogP contribution in [0.1, 0.15) is 16.8 Å². The fourth-order valence-electron chi connectivity index (χ4n) is 1.21. The average molecular weight is 222 g/mol. The molecule has 0 saturated heterocycles. The molecule has 0 saturated carbocycles. The van der Waals surface area contributed by atoms with E-state index in [0.717, 1.165) is 0 Å². The summed E-state index contributed by atoms with van der Waals surface area (Å²) in [6, 6.07) is 6.51. The van der Waals surface area contributed by atoms with Gasteiger partial charge in [-0.15, -0.1) is 0 Å². The minimum absolute atomic E-state index is 0.0583. The molecule has 1 aromatic rings. The zero-order chi connectivity index (χ0) is 12.1. The maximum atomic E-state index is 11.8. The lowest BCUT2D eigenvalue weighted by molar-refractivity contribution is -0.137. The van der Waals surface area contributed by atoms with Crippen LogP contribution in [0.3, 0.4) is 0 Å². The van der Waals surface area contributed by atoms with Gasteiger partial charge >= 0.3 is 5.97 Å². The van der Waals surface area contributed by atoms with Gasteiger partial charge in [-0.05, 0) is 24.3 Å². The molecule has 0 radical (unpaired) electrons. The van der Waals surface area contributed by atoms with E-state index >= 15 is 0 Å². The van der Waals surface area contributed by atoms with E-state index in [-0.39, 0.29) is 18.9 Å². The van der Waals surface area contributed by atoms with Crippen molar-refractivity contribution in [3.63, 3.8) is 0 Å². The second-order valence-electron chi connectivity index (χ2n) is 3.49. The Morgan fingerprint density at radius 2 is 1.88 bits per heavy atom. The van der Waals surface area contributed by atoms with Crippen LogP contribution < -0.4 is 5.73 Å². The lowest BCUT2D eigenvalue weighted by atomic mass is 10.2. The van der Waals surface area contributed by atoms with Crippen LogP contribution in [-0.2, 0) is 4.79 Å². The second kappa shape index (κ2) is 5.16. The molecule has 0 spiro atoms. The first-order valence-electron chi connectivity index (χ1n) is 4.83. The first kappa shape index (κ1) is 12.0. The third-order valence-electron chi connectivity index (χ3n) is 2.17. The molecule has 1 rings (SSSR count). The number of carboxylic acid groups (broad SMARTS) is 1. The van der Waals surface area contributed by atoms with E-state index in [1.54, 1.807) is 31.3 Å². The Balaban J connectivity index is 2.63. The predicted octanol–water partition coefficient (Wildman–Crippen LogP) is 0.815. The molecular formula is C11H14N2O3. The summed E-state index contributed by atoms with van der Waals surface area (Å²) in [5.74, 6) is -1.13. The molecule has 0 heterocycles. The highest BCUT2D eigenvalue weighted by molar-refractivity contribution is 5.94. The third kappa shape index (κ3) is 3.27. The van der Waals surface area contributed by atoms with Crippen LogP contribution in [-0.4, -0.2) is 35.5 Å². The van der Waals surface area contributed by atoms with Crippen molar-refractivity contribution in [1.82, 2.24) is 4.90 Å². The van der Waals surface area contributed by atoms with Gasteiger partial charge in [-0.1, -0.05) is 0 Å². The Labute approximate surface area is 93.5 Å². The minimum atomic E-state index is -0.919. The Bertz CT molecular complexity index is 387. The van der Waals surface area contributed by atoms with Crippen LogP contribution in [0.25, 0.3) is 0 Å². The number of anilines is 1. The fraction of sp³-hybridized carbons (Fsp3) is 0.273. The molecular weight excluding hydrogens is 208 g/mol. The van der Waals surface area contributed by atoms with Gasteiger partial charge in [0, 0.05) is 24.8 Å². The number of aliphatic carboxylic acids is 1. The van der Waals surface area contributed by atoms with Crippen LogP contribution in [0.4, 0.5) is 5.69 Å². The molecule has 0 aliphatic rings. The number of rotatable bonds is 4. The summed E-state index contributed by atoms with van der Waals surface area (Å²) in [5, 5.41) is 8.50. The Morgan fingerprint density at radius 3 is 2.38 bits per heavy atom. The van der Waals surface area contributed by atoms with Crippen molar-refractivity contribution in [2.24, 2.45) is 0 Å². The zero-order valence-corrected chi connectivity index (χ0v) is 9.01. The lowest BCUT2D eigenvalue weighted by Gasteiger charge is -2.15. The summed E-state index contributed by atoms with van der Waals surface area (Å²) in [5.41, 5.74) is 6.59. The SMILES string of the molecule is CN(CCC(=O)O)C(=O)c1ccc(N)cc1. The Kier molecular flexibility index (Phi) is 3.88. The average Bonchev–Trinajstić information content (AvgIpc) is 2.26. The number of carbonyl (C=O) groups excluding carboxylic acids is 1. The van der Waals surface area contributed by atoms with E-state index in [0.29, 0.717) is 11.3 Å². The lowest BCUT2D eigenvalue weighted by Crippen LogP contribution is -2.28. The maximum absolute atomic E-state index is 11.8. The molecule has 1 aromatic carbocycles. The normalized spacial score (nSPS) is 9.81. The van der Waals surface area contributed by atoms with Gasteiger partial charge in [0.05, 0.1) is 6.42 Å². The number of benzene rings is 1. The summed E-state index contributed by atoms with van der Waals surface area (Å²) < 4.78 is 0. The van der Waals surface area contributed by atoms with Crippen LogP contribution in [0.5, 0.6) is 0 Å². The van der Waals surface area contributed by atoms with Crippen molar-refractivity contribution >= 4 is 17.6 Å². The van der Waals surface area contributed by atoms with Gasteiger partial charge in [-0.3, -0.25) is 9.59 Å². The van der Waals surface area contributed by atoms with Gasteiger partial charge in [0.15, 0.2) is 0 Å². The van der Waals surface area contributed by atoms with Crippen LogP contribution in [0.15, 0.2) is 24.3 Å². The first-order chi connectivity index (χ1) is 7.50. The molecule has 0 aliphatic heterocycles. The molecule has 86 valence electrons. The number of amides is 1. The van der Waals surface area contributed by atoms with Gasteiger partial charge in [-0.25, -0.2) is 0 Å². The van der Waals surface area contributed by atoms with Crippen LogP contribution in [0, 0.1) is 0 Å². The van der Waals surface area contributed by atoms with Crippen molar-refractivity contribution in [2.75, 3.05) is 19.3 Å². The van der Waals surface area contributed by atoms with Crippen LogP contribution in [0.2, 0.25) is 0 Å². The van der Waals surface area contributed by atoms with Crippen molar-refractivity contribution in [3.8, 4) is 0 Å². The number of nitrogen functional groups attached to an aromatic ring is 1. The third-order valence-corrected chi connectivity index (χ3v) is 2.17. The molecule has 5 heteroatoms. The summed E-state index contributed by atoms with van der Waals surface area (Å²) in [6.07, 6.45) is -0.0583. The molecule has 0 atom stereocenters. The molecule has 0 aromatic heterocycles. The number of nitrogens with zero attached hydrogens (tertiary/aromatic N) is 1. The van der Waals surface area contributed by atoms with E-state index in [4.69, 9.17) is 10.8 Å². The van der Waals surface area contributed by atoms with E-state index in [1.165, 1.54) is 4.90 Å². The molecule has 0 bridgehead atoms. The summed E-state index contributed by atoms with van der Waals surface area (Å²) >= 11 is 0. The van der Waals surface area contributed by atoms with Gasteiger partial charge < -0.3 is 15.7 Å². The summed E-state index contributed by atoms with van der Waals surface area (Å²) in [6.45, 7) is 0.193. The monoisotopic (exact) mass is 222 g/mol. The standard InChI is InChI=1S/C11H14N2O3/c1-13(7-6-10(14)15)11(16)8-2-4-9(12)5-3-8/h2-5H,6-7,12H2,1H3,(H,14,15). The van der Waals surface area contributed by atoms with Crippen molar-refractivity contribution in [3.05, 3.63) is 29.8 Å². The topological polar surface area (TPSA) is 83.6 Å². The van der Waals surface area contributed by atoms with E-state index in [1.807, 2.05) is 0 Å². The quantitative estimate of drug-likeness (QED) is 0.738. The second-order valence-corrected chi connectivity index (χ2v) is 3.49. The fourth-order valence-corrected chi connectivity index (χ4v) is 1.21. The Hall–Kier alpha value is -2.04. The van der Waals surface area contributed by atoms with Crippen molar-refractivity contribution in [1.29, 1.82) is 0 Å². The number of hydrogen-bond acceptors (Lipinski definition) is 3. The molecule has 1 amide bonds. The number of nitrogens with two attached hydrogens (primary N) is 1. The number of carboxylic acids is 1. The molecule has 0 aliphatic carbocycles. The van der Waals surface area contributed by atoms with Crippen molar-refractivity contribution in [2.45, 2.75) is 6.42 Å². The van der Waals surface area contributed by atoms with Gasteiger partial charge in [0.2, 0.25) is 0 Å².